The van der Waals surface area contributed by atoms with Crippen molar-refractivity contribution < 1.29 is 9.90 Å². The van der Waals surface area contributed by atoms with Crippen molar-refractivity contribution in [2.24, 2.45) is 5.41 Å². The highest BCUT2D eigenvalue weighted by Gasteiger charge is 2.21. The lowest BCUT2D eigenvalue weighted by molar-refractivity contribution is 0.241. The molecule has 0 bridgehead atoms. The van der Waals surface area contributed by atoms with E-state index in [0.29, 0.717) is 24.3 Å². The van der Waals surface area contributed by atoms with Gasteiger partial charge in [-0.15, -0.1) is 0 Å². The van der Waals surface area contributed by atoms with Crippen LogP contribution < -0.4 is 16.0 Å². The van der Waals surface area contributed by atoms with Crippen molar-refractivity contribution >= 4 is 6.03 Å². The zero-order chi connectivity index (χ0) is 25.2. The zero-order valence-corrected chi connectivity index (χ0v) is 22.1. The van der Waals surface area contributed by atoms with Crippen molar-refractivity contribution in [2.45, 2.75) is 79.2 Å². The number of amides is 2. The Morgan fingerprint density at radius 1 is 0.941 bits per heavy atom. The lowest BCUT2D eigenvalue weighted by Crippen LogP contribution is -2.34. The smallest absolute Gasteiger partial charge is 0.315 e. The van der Waals surface area contributed by atoms with Gasteiger partial charge in [-0.05, 0) is 72.5 Å². The third kappa shape index (κ3) is 9.38. The molecule has 0 heterocycles. The van der Waals surface area contributed by atoms with E-state index in [-0.39, 0.29) is 11.4 Å². The summed E-state index contributed by atoms with van der Waals surface area (Å²) in [6.07, 6.45) is 4.67. The second-order valence-corrected chi connectivity index (χ2v) is 11.1. The molecule has 0 unspecified atom stereocenters. The summed E-state index contributed by atoms with van der Waals surface area (Å²) in [5.74, 6) is 0.297. The Hall–Kier alpha value is -2.53. The lowest BCUT2D eigenvalue weighted by Gasteiger charge is -2.26. The van der Waals surface area contributed by atoms with Gasteiger partial charge in [0.25, 0.3) is 0 Å². The number of benzene rings is 2. The maximum Gasteiger partial charge on any atom is 0.315 e. The first kappa shape index (κ1) is 27.7. The fourth-order valence-corrected chi connectivity index (χ4v) is 4.05. The highest BCUT2D eigenvalue weighted by molar-refractivity contribution is 5.74. The summed E-state index contributed by atoms with van der Waals surface area (Å²) in [6.45, 7) is 16.3. The van der Waals surface area contributed by atoms with Crippen LogP contribution in [0, 0.1) is 5.41 Å². The van der Waals surface area contributed by atoms with E-state index < -0.39 is 0 Å². The summed E-state index contributed by atoms with van der Waals surface area (Å²) in [7, 11) is 0. The highest BCUT2D eigenvalue weighted by atomic mass is 16.3. The molecule has 5 heteroatoms. The molecule has 2 rings (SSSR count). The molecular formula is C29H45N3O2. The second-order valence-electron chi connectivity index (χ2n) is 11.1. The molecule has 0 saturated carbocycles. The van der Waals surface area contributed by atoms with E-state index in [1.807, 2.05) is 43.3 Å². The molecule has 0 saturated heterocycles. The van der Waals surface area contributed by atoms with Crippen molar-refractivity contribution in [3.05, 3.63) is 53.6 Å². The van der Waals surface area contributed by atoms with E-state index >= 15 is 0 Å². The minimum atomic E-state index is -0.177. The van der Waals surface area contributed by atoms with Crippen molar-refractivity contribution in [2.75, 3.05) is 19.6 Å². The Labute approximate surface area is 206 Å². The Morgan fingerprint density at radius 2 is 1.71 bits per heavy atom. The topological polar surface area (TPSA) is 73.4 Å². The third-order valence-electron chi connectivity index (χ3n) is 6.12. The molecule has 2 aromatic rings. The fourth-order valence-electron chi connectivity index (χ4n) is 4.05. The molecule has 0 aromatic heterocycles. The number of carbonyl (C=O) groups excluding carboxylic acids is 1. The minimum absolute atomic E-state index is 0.00720. The van der Waals surface area contributed by atoms with Crippen LogP contribution in [0.4, 0.5) is 4.79 Å². The van der Waals surface area contributed by atoms with Gasteiger partial charge in [0.2, 0.25) is 0 Å². The standard InChI is InChI=1S/C29H45N3O2/c1-7-31-27(34)32-20-22-12-11-13-23(18-22)25-15-14-24(19-26(25)33)29(5,6)16-9-8-10-17-30-21-28(2,3)4/h11-15,18-19,30,33H,7-10,16-17,20-21H2,1-6H3,(H2,31,32,34). The molecule has 0 atom stereocenters. The van der Waals surface area contributed by atoms with Crippen molar-refractivity contribution in [3.63, 3.8) is 0 Å². The number of hydrogen-bond donors (Lipinski definition) is 4. The van der Waals surface area contributed by atoms with Gasteiger partial charge in [-0.1, -0.05) is 77.8 Å². The SMILES string of the molecule is CCNC(=O)NCc1cccc(-c2ccc(C(C)(C)CCCCCNCC(C)(C)C)cc2O)c1. The van der Waals surface area contributed by atoms with Crippen LogP contribution in [0.5, 0.6) is 5.75 Å². The summed E-state index contributed by atoms with van der Waals surface area (Å²) in [6, 6.07) is 13.8. The molecule has 0 aliphatic rings. The summed E-state index contributed by atoms with van der Waals surface area (Å²) in [5, 5.41) is 20.0. The van der Waals surface area contributed by atoms with Crippen LogP contribution in [0.25, 0.3) is 11.1 Å². The van der Waals surface area contributed by atoms with E-state index in [1.54, 1.807) is 0 Å². The number of urea groups is 1. The number of phenols is 1. The van der Waals surface area contributed by atoms with Crippen LogP contribution in [0.15, 0.2) is 42.5 Å². The maximum atomic E-state index is 11.7. The van der Waals surface area contributed by atoms with E-state index in [1.165, 1.54) is 19.3 Å². The summed E-state index contributed by atoms with van der Waals surface area (Å²) in [5.41, 5.74) is 4.25. The van der Waals surface area contributed by atoms with Gasteiger partial charge < -0.3 is 21.1 Å². The quantitative estimate of drug-likeness (QED) is 0.275. The Balaban J connectivity index is 1.93. The van der Waals surface area contributed by atoms with Crippen LogP contribution in [0.1, 0.15) is 78.4 Å². The van der Waals surface area contributed by atoms with E-state index in [4.69, 9.17) is 0 Å². The summed E-state index contributed by atoms with van der Waals surface area (Å²) < 4.78 is 0. The van der Waals surface area contributed by atoms with Crippen LogP contribution in [-0.2, 0) is 12.0 Å². The molecular weight excluding hydrogens is 422 g/mol. The Bertz CT molecular complexity index is 916. The number of hydrogen-bond acceptors (Lipinski definition) is 3. The number of phenolic OH excluding ortho intramolecular Hbond substituents is 1. The highest BCUT2D eigenvalue weighted by Crippen LogP contribution is 2.36. The number of nitrogens with one attached hydrogen (secondary N) is 3. The molecule has 0 spiro atoms. The molecule has 4 N–H and O–H groups in total. The van der Waals surface area contributed by atoms with Crippen LogP contribution in [0.2, 0.25) is 0 Å². The normalized spacial score (nSPS) is 11.9. The van der Waals surface area contributed by atoms with Crippen LogP contribution in [-0.4, -0.2) is 30.8 Å². The zero-order valence-electron chi connectivity index (χ0n) is 22.1. The molecule has 2 amide bonds. The maximum absolute atomic E-state index is 11.7. The number of aromatic hydroxyl groups is 1. The first-order chi connectivity index (χ1) is 16.0. The van der Waals surface area contributed by atoms with Gasteiger partial charge in [-0.2, -0.15) is 0 Å². The van der Waals surface area contributed by atoms with Crippen molar-refractivity contribution in [1.82, 2.24) is 16.0 Å². The monoisotopic (exact) mass is 467 g/mol. The van der Waals surface area contributed by atoms with Crippen molar-refractivity contribution in [1.29, 1.82) is 0 Å². The first-order valence-corrected chi connectivity index (χ1v) is 12.7. The van der Waals surface area contributed by atoms with Gasteiger partial charge in [0.05, 0.1) is 0 Å². The average Bonchev–Trinajstić information content (AvgIpc) is 2.76. The number of rotatable bonds is 12. The fraction of sp³-hybridized carbons (Fsp3) is 0.552. The van der Waals surface area contributed by atoms with Gasteiger partial charge in [0, 0.05) is 18.7 Å². The lowest BCUT2D eigenvalue weighted by atomic mass is 9.79. The van der Waals surface area contributed by atoms with E-state index in [2.05, 4.69) is 56.6 Å². The molecule has 5 nitrogen and oxygen atoms in total. The van der Waals surface area contributed by atoms with Gasteiger partial charge in [0.1, 0.15) is 5.75 Å². The van der Waals surface area contributed by atoms with Crippen molar-refractivity contribution in [3.8, 4) is 16.9 Å². The molecule has 0 aliphatic carbocycles. The van der Waals surface area contributed by atoms with Gasteiger partial charge >= 0.3 is 6.03 Å². The average molecular weight is 468 g/mol. The second kappa shape index (κ2) is 12.8. The molecule has 0 aliphatic heterocycles. The predicted octanol–water partition coefficient (Wildman–Crippen LogP) is 6.35. The summed E-state index contributed by atoms with van der Waals surface area (Å²) >= 11 is 0. The van der Waals surface area contributed by atoms with Gasteiger partial charge in [-0.25, -0.2) is 4.79 Å². The Morgan fingerprint density at radius 3 is 2.38 bits per heavy atom. The van der Waals surface area contributed by atoms with Gasteiger partial charge in [-0.3, -0.25) is 0 Å². The summed E-state index contributed by atoms with van der Waals surface area (Å²) in [4.78, 5) is 11.7. The molecule has 0 radical (unpaired) electrons. The Kier molecular flexibility index (Phi) is 10.4. The van der Waals surface area contributed by atoms with E-state index in [9.17, 15) is 9.90 Å². The minimum Gasteiger partial charge on any atom is -0.507 e. The van der Waals surface area contributed by atoms with Crippen LogP contribution in [0.3, 0.4) is 0 Å². The molecule has 0 fully saturated rings. The first-order valence-electron chi connectivity index (χ1n) is 12.7. The van der Waals surface area contributed by atoms with Crippen LogP contribution >= 0.6 is 0 Å². The number of carbonyl (C=O) groups is 1. The predicted molar refractivity (Wildman–Crippen MR) is 143 cm³/mol. The van der Waals surface area contributed by atoms with E-state index in [0.717, 1.165) is 41.8 Å². The third-order valence-corrected chi connectivity index (χ3v) is 6.12. The molecule has 34 heavy (non-hydrogen) atoms. The van der Waals surface area contributed by atoms with Gasteiger partial charge in [0.15, 0.2) is 0 Å². The molecule has 2 aromatic carbocycles. The molecule has 188 valence electrons. The number of unbranched alkanes of at least 4 members (excludes halogenated alkanes) is 2. The largest absolute Gasteiger partial charge is 0.507 e.